The molecule has 162 valence electrons. The summed E-state index contributed by atoms with van der Waals surface area (Å²) >= 11 is 0. The molecule has 4 aromatic rings. The van der Waals surface area contributed by atoms with E-state index in [0.717, 1.165) is 11.1 Å². The van der Waals surface area contributed by atoms with E-state index in [-0.39, 0.29) is 11.6 Å². The minimum absolute atomic E-state index is 0.102. The number of ether oxygens (including phenoxy) is 1. The molecule has 0 saturated heterocycles. The van der Waals surface area contributed by atoms with Gasteiger partial charge in [-0.1, -0.05) is 36.4 Å². The Bertz CT molecular complexity index is 1410. The summed E-state index contributed by atoms with van der Waals surface area (Å²) in [5, 5.41) is 14.6. The lowest BCUT2D eigenvalue weighted by Gasteiger charge is -2.08. The summed E-state index contributed by atoms with van der Waals surface area (Å²) < 4.78 is 6.74. The highest BCUT2D eigenvalue weighted by molar-refractivity contribution is 6.01. The maximum Gasteiger partial charge on any atom is 0.346 e. The Morgan fingerprint density at radius 3 is 2.61 bits per heavy atom. The molecule has 0 N–H and O–H groups in total. The molecule has 7 heteroatoms. The molecule has 0 unspecified atom stereocenters. The molecule has 0 bridgehead atoms. The molecule has 0 radical (unpaired) electrons. The predicted molar refractivity (Wildman–Crippen MR) is 124 cm³/mol. The molecule has 2 heterocycles. The topological polar surface area (TPSA) is 97.9 Å². The fraction of sp³-hybridized carbons (Fsp3) is 0.115. The second-order valence-electron chi connectivity index (χ2n) is 7.61. The van der Waals surface area contributed by atoms with Crippen molar-refractivity contribution in [2.75, 3.05) is 0 Å². The van der Waals surface area contributed by atoms with Gasteiger partial charge >= 0.3 is 11.9 Å². The number of pyridine rings is 1. The van der Waals surface area contributed by atoms with Crippen LogP contribution >= 0.6 is 0 Å². The van der Waals surface area contributed by atoms with Crippen LogP contribution in [0.3, 0.4) is 0 Å². The van der Waals surface area contributed by atoms with E-state index in [1.54, 1.807) is 16.8 Å². The number of carbonyl (C=O) groups excluding carboxylic acids is 2. The number of rotatable bonds is 5. The van der Waals surface area contributed by atoms with Crippen molar-refractivity contribution in [2.45, 2.75) is 19.9 Å². The van der Waals surface area contributed by atoms with Crippen LogP contribution in [0.1, 0.15) is 41.5 Å². The number of nitrogens with zero attached hydrogens (tertiary/aromatic N) is 4. The van der Waals surface area contributed by atoms with Crippen LogP contribution < -0.4 is 0 Å². The van der Waals surface area contributed by atoms with Gasteiger partial charge in [-0.15, -0.1) is 0 Å². The maximum absolute atomic E-state index is 12.5. The lowest BCUT2D eigenvalue weighted by atomic mass is 10.1. The Hall–Kier alpha value is -4.57. The molecule has 0 saturated carbocycles. The maximum atomic E-state index is 12.5. The van der Waals surface area contributed by atoms with E-state index in [1.165, 1.54) is 18.3 Å². The Kier molecular flexibility index (Phi) is 6.09. The van der Waals surface area contributed by atoms with Gasteiger partial charge in [0.05, 0.1) is 16.8 Å². The second-order valence-corrected chi connectivity index (χ2v) is 7.61. The molecule has 2 aromatic carbocycles. The van der Waals surface area contributed by atoms with Gasteiger partial charge in [0.15, 0.2) is 5.69 Å². The highest BCUT2D eigenvalue weighted by Crippen LogP contribution is 2.27. The van der Waals surface area contributed by atoms with Gasteiger partial charge < -0.3 is 4.74 Å². The van der Waals surface area contributed by atoms with Gasteiger partial charge in [-0.05, 0) is 49.8 Å². The number of hydrogen-bond donors (Lipinski definition) is 0. The van der Waals surface area contributed by atoms with Crippen LogP contribution in [0.5, 0.6) is 0 Å². The number of esters is 2. The minimum atomic E-state index is -0.771. The van der Waals surface area contributed by atoms with Crippen LogP contribution in [0.15, 0.2) is 72.9 Å². The van der Waals surface area contributed by atoms with Crippen LogP contribution in [0, 0.1) is 11.3 Å². The molecule has 2 aromatic heterocycles. The molecule has 0 spiro atoms. The molecule has 0 fully saturated rings. The van der Waals surface area contributed by atoms with E-state index in [1.807, 2.05) is 62.4 Å². The van der Waals surface area contributed by atoms with Crippen molar-refractivity contribution in [1.82, 2.24) is 14.8 Å². The molecular formula is C26H20N4O3. The van der Waals surface area contributed by atoms with Gasteiger partial charge in [-0.3, -0.25) is 9.67 Å². The van der Waals surface area contributed by atoms with E-state index in [9.17, 15) is 14.9 Å². The minimum Gasteiger partial charge on any atom is -0.386 e. The van der Waals surface area contributed by atoms with Crippen molar-refractivity contribution < 1.29 is 14.3 Å². The summed E-state index contributed by atoms with van der Waals surface area (Å²) in [5.41, 5.74) is 3.41. The smallest absolute Gasteiger partial charge is 0.346 e. The summed E-state index contributed by atoms with van der Waals surface area (Å²) in [4.78, 5) is 28.9. The first-order valence-corrected chi connectivity index (χ1v) is 10.3. The summed E-state index contributed by atoms with van der Waals surface area (Å²) in [5.74, 6) is -1.53. The zero-order chi connectivity index (χ0) is 23.4. The molecule has 0 amide bonds. The molecular weight excluding hydrogens is 416 g/mol. The second kappa shape index (κ2) is 9.28. The molecule has 0 aliphatic rings. The third-order valence-corrected chi connectivity index (χ3v) is 5.00. The molecule has 33 heavy (non-hydrogen) atoms. The van der Waals surface area contributed by atoms with Gasteiger partial charge in [-0.2, -0.15) is 10.4 Å². The lowest BCUT2D eigenvalue weighted by molar-refractivity contribution is -0.132. The Morgan fingerprint density at radius 1 is 1.09 bits per heavy atom. The van der Waals surface area contributed by atoms with E-state index in [2.05, 4.69) is 16.2 Å². The van der Waals surface area contributed by atoms with Crippen LogP contribution in [0.2, 0.25) is 0 Å². The summed E-state index contributed by atoms with van der Waals surface area (Å²) in [6, 6.07) is 20.1. The van der Waals surface area contributed by atoms with Crippen molar-refractivity contribution in [3.8, 4) is 17.3 Å². The predicted octanol–water partition coefficient (Wildman–Crippen LogP) is 4.95. The number of carbonyl (C=O) groups is 2. The van der Waals surface area contributed by atoms with Crippen molar-refractivity contribution in [3.63, 3.8) is 0 Å². The summed E-state index contributed by atoms with van der Waals surface area (Å²) in [7, 11) is 0. The van der Waals surface area contributed by atoms with E-state index < -0.39 is 11.9 Å². The normalized spacial score (nSPS) is 11.1. The monoisotopic (exact) mass is 436 g/mol. The Balaban J connectivity index is 1.57. The number of aromatic nitrogens is 3. The molecule has 4 rings (SSSR count). The van der Waals surface area contributed by atoms with Gasteiger partial charge in [0.2, 0.25) is 0 Å². The highest BCUT2D eigenvalue weighted by Gasteiger charge is 2.16. The van der Waals surface area contributed by atoms with Crippen molar-refractivity contribution in [3.05, 3.63) is 89.8 Å². The highest BCUT2D eigenvalue weighted by atomic mass is 16.6. The van der Waals surface area contributed by atoms with Gasteiger partial charge in [0, 0.05) is 29.3 Å². The Labute approximate surface area is 190 Å². The zero-order valence-electron chi connectivity index (χ0n) is 18.1. The number of benzene rings is 2. The Morgan fingerprint density at radius 2 is 1.88 bits per heavy atom. The quantitative estimate of drug-likeness (QED) is 0.249. The summed E-state index contributed by atoms with van der Waals surface area (Å²) in [6.45, 7) is 3.99. The van der Waals surface area contributed by atoms with Crippen LogP contribution in [0.4, 0.5) is 0 Å². The molecule has 0 aliphatic heterocycles. The molecule has 0 atom stereocenters. The largest absolute Gasteiger partial charge is 0.386 e. The van der Waals surface area contributed by atoms with Crippen molar-refractivity contribution in [1.29, 1.82) is 5.26 Å². The van der Waals surface area contributed by atoms with Gasteiger partial charge in [0.25, 0.3) is 0 Å². The third-order valence-electron chi connectivity index (χ3n) is 5.00. The average molecular weight is 436 g/mol. The SMILES string of the molecule is CC(C)n1nc(C#N)c2cc(-c3cc(C(=O)OC(=O)/C=C/c4ccccc4)ccn3)ccc21. The van der Waals surface area contributed by atoms with Gasteiger partial charge in [0.1, 0.15) is 6.07 Å². The average Bonchev–Trinajstić information content (AvgIpc) is 3.22. The summed E-state index contributed by atoms with van der Waals surface area (Å²) in [6.07, 6.45) is 4.26. The van der Waals surface area contributed by atoms with Gasteiger partial charge in [-0.25, -0.2) is 9.59 Å². The first-order chi connectivity index (χ1) is 16.0. The van der Waals surface area contributed by atoms with Crippen LogP contribution in [0.25, 0.3) is 28.2 Å². The number of hydrogen-bond acceptors (Lipinski definition) is 6. The molecule has 0 aliphatic carbocycles. The van der Waals surface area contributed by atoms with Crippen molar-refractivity contribution >= 4 is 28.9 Å². The third kappa shape index (κ3) is 4.70. The zero-order valence-corrected chi connectivity index (χ0v) is 18.1. The van der Waals surface area contributed by atoms with E-state index >= 15 is 0 Å². The molecule has 7 nitrogen and oxygen atoms in total. The first kappa shape index (κ1) is 21.7. The first-order valence-electron chi connectivity index (χ1n) is 10.3. The lowest BCUT2D eigenvalue weighted by Crippen LogP contribution is -2.10. The van der Waals surface area contributed by atoms with Crippen LogP contribution in [-0.4, -0.2) is 26.7 Å². The van der Waals surface area contributed by atoms with E-state index in [0.29, 0.717) is 22.3 Å². The van der Waals surface area contributed by atoms with Crippen molar-refractivity contribution in [2.24, 2.45) is 0 Å². The standard InChI is InChI=1S/C26H20N4O3/c1-17(2)30-24-10-9-19(14-21(24)23(16-27)29-30)22-15-20(12-13-28-22)26(32)33-25(31)11-8-18-6-4-3-5-7-18/h3-15,17H,1-2H3/b11-8+. The number of fused-ring (bicyclic) bond motifs is 1. The fourth-order valence-electron chi connectivity index (χ4n) is 3.40. The fourth-order valence-corrected chi connectivity index (χ4v) is 3.40. The number of nitriles is 1. The van der Waals surface area contributed by atoms with E-state index in [4.69, 9.17) is 4.74 Å². The van der Waals surface area contributed by atoms with Crippen LogP contribution in [-0.2, 0) is 9.53 Å².